The molecule has 0 radical (unpaired) electrons. The predicted octanol–water partition coefficient (Wildman–Crippen LogP) is 2.93. The number of rotatable bonds is 4. The number of amides is 1. The SMILES string of the molecule is Cc1ccc(C(N)C(=O)NCc2ccc(C)cc2C)cc1. The summed E-state index contributed by atoms with van der Waals surface area (Å²) in [5, 5.41) is 2.91. The van der Waals surface area contributed by atoms with Crippen molar-refractivity contribution >= 4 is 5.91 Å². The van der Waals surface area contributed by atoms with Crippen LogP contribution in [0.25, 0.3) is 0 Å². The number of nitrogens with one attached hydrogen (secondary N) is 1. The highest BCUT2D eigenvalue weighted by molar-refractivity contribution is 5.82. The molecule has 1 atom stereocenters. The predicted molar refractivity (Wildman–Crippen MR) is 85.9 cm³/mol. The largest absolute Gasteiger partial charge is 0.350 e. The van der Waals surface area contributed by atoms with E-state index in [2.05, 4.69) is 18.3 Å². The molecule has 1 unspecified atom stereocenters. The maximum absolute atomic E-state index is 12.1. The fraction of sp³-hybridized carbons (Fsp3) is 0.278. The van der Waals surface area contributed by atoms with Crippen LogP contribution in [0.2, 0.25) is 0 Å². The second-order valence-corrected chi connectivity index (χ2v) is 5.54. The molecule has 2 aromatic rings. The van der Waals surface area contributed by atoms with Crippen LogP contribution in [0.5, 0.6) is 0 Å². The van der Waals surface area contributed by atoms with Gasteiger partial charge in [0.25, 0.3) is 0 Å². The topological polar surface area (TPSA) is 55.1 Å². The zero-order chi connectivity index (χ0) is 15.4. The van der Waals surface area contributed by atoms with Crippen molar-refractivity contribution in [2.75, 3.05) is 0 Å². The smallest absolute Gasteiger partial charge is 0.241 e. The van der Waals surface area contributed by atoms with Crippen LogP contribution < -0.4 is 11.1 Å². The Labute approximate surface area is 126 Å². The normalized spacial score (nSPS) is 12.0. The lowest BCUT2D eigenvalue weighted by Crippen LogP contribution is -2.33. The number of nitrogens with two attached hydrogens (primary N) is 1. The summed E-state index contributed by atoms with van der Waals surface area (Å²) in [7, 11) is 0. The van der Waals surface area contributed by atoms with Crippen molar-refractivity contribution in [3.8, 4) is 0 Å². The summed E-state index contributed by atoms with van der Waals surface area (Å²) in [5.41, 5.74) is 11.5. The van der Waals surface area contributed by atoms with E-state index in [1.165, 1.54) is 11.1 Å². The first-order valence-corrected chi connectivity index (χ1v) is 7.13. The summed E-state index contributed by atoms with van der Waals surface area (Å²) in [6.45, 7) is 6.62. The van der Waals surface area contributed by atoms with Crippen LogP contribution in [-0.4, -0.2) is 5.91 Å². The Morgan fingerprint density at radius 3 is 2.29 bits per heavy atom. The number of hydrogen-bond donors (Lipinski definition) is 2. The molecule has 3 N–H and O–H groups in total. The molecule has 110 valence electrons. The van der Waals surface area contributed by atoms with E-state index in [1.807, 2.05) is 50.2 Å². The second kappa shape index (κ2) is 6.55. The minimum absolute atomic E-state index is 0.154. The van der Waals surface area contributed by atoms with Gasteiger partial charge in [0.1, 0.15) is 6.04 Å². The van der Waals surface area contributed by atoms with Gasteiger partial charge in [-0.2, -0.15) is 0 Å². The zero-order valence-corrected chi connectivity index (χ0v) is 12.8. The highest BCUT2D eigenvalue weighted by atomic mass is 16.2. The van der Waals surface area contributed by atoms with Crippen LogP contribution in [-0.2, 0) is 11.3 Å². The molecular formula is C18H22N2O. The molecule has 0 aliphatic heterocycles. The van der Waals surface area contributed by atoms with Gasteiger partial charge in [0.15, 0.2) is 0 Å². The van der Waals surface area contributed by atoms with Gasteiger partial charge in [-0.15, -0.1) is 0 Å². The molecule has 0 bridgehead atoms. The van der Waals surface area contributed by atoms with Crippen molar-refractivity contribution in [1.82, 2.24) is 5.32 Å². The molecule has 0 heterocycles. The molecule has 0 aliphatic rings. The Morgan fingerprint density at radius 1 is 1.05 bits per heavy atom. The first-order valence-electron chi connectivity index (χ1n) is 7.13. The van der Waals surface area contributed by atoms with Gasteiger partial charge in [0.05, 0.1) is 0 Å². The van der Waals surface area contributed by atoms with E-state index in [9.17, 15) is 4.79 Å². The standard InChI is InChI=1S/C18H22N2O/c1-12-4-7-15(8-5-12)17(19)18(21)20-11-16-9-6-13(2)10-14(16)3/h4-10,17H,11,19H2,1-3H3,(H,20,21). The third-order valence-corrected chi connectivity index (χ3v) is 3.67. The van der Waals surface area contributed by atoms with E-state index in [-0.39, 0.29) is 5.91 Å². The van der Waals surface area contributed by atoms with Crippen LogP contribution >= 0.6 is 0 Å². The minimum Gasteiger partial charge on any atom is -0.350 e. The number of aryl methyl sites for hydroxylation is 3. The molecule has 0 saturated heterocycles. The van der Waals surface area contributed by atoms with Gasteiger partial charge in [0, 0.05) is 6.54 Å². The fourth-order valence-electron chi connectivity index (χ4n) is 2.26. The third kappa shape index (κ3) is 3.92. The molecule has 0 aromatic heterocycles. The molecule has 3 heteroatoms. The fourth-order valence-corrected chi connectivity index (χ4v) is 2.26. The Kier molecular flexibility index (Phi) is 4.76. The van der Waals surface area contributed by atoms with Crippen LogP contribution in [0.4, 0.5) is 0 Å². The Balaban J connectivity index is 1.99. The van der Waals surface area contributed by atoms with Crippen molar-refractivity contribution < 1.29 is 4.79 Å². The van der Waals surface area contributed by atoms with Crippen molar-refractivity contribution in [3.05, 3.63) is 70.3 Å². The van der Waals surface area contributed by atoms with E-state index < -0.39 is 6.04 Å². The maximum Gasteiger partial charge on any atom is 0.241 e. The van der Waals surface area contributed by atoms with Crippen LogP contribution in [0, 0.1) is 20.8 Å². The molecular weight excluding hydrogens is 260 g/mol. The highest BCUT2D eigenvalue weighted by Gasteiger charge is 2.15. The van der Waals surface area contributed by atoms with Crippen molar-refractivity contribution in [1.29, 1.82) is 0 Å². The summed E-state index contributed by atoms with van der Waals surface area (Å²) in [6, 6.07) is 13.3. The van der Waals surface area contributed by atoms with E-state index in [4.69, 9.17) is 5.73 Å². The Bertz CT molecular complexity index is 632. The molecule has 21 heavy (non-hydrogen) atoms. The summed E-state index contributed by atoms with van der Waals surface area (Å²) in [6.07, 6.45) is 0. The van der Waals surface area contributed by atoms with Gasteiger partial charge in [-0.3, -0.25) is 4.79 Å². The summed E-state index contributed by atoms with van der Waals surface area (Å²) in [4.78, 5) is 12.1. The summed E-state index contributed by atoms with van der Waals surface area (Å²) in [5.74, 6) is -0.154. The van der Waals surface area contributed by atoms with Gasteiger partial charge in [-0.1, -0.05) is 53.6 Å². The molecule has 2 aromatic carbocycles. The van der Waals surface area contributed by atoms with E-state index in [0.29, 0.717) is 6.54 Å². The minimum atomic E-state index is -0.628. The molecule has 0 spiro atoms. The van der Waals surface area contributed by atoms with E-state index in [1.54, 1.807) is 0 Å². The van der Waals surface area contributed by atoms with Gasteiger partial charge in [-0.25, -0.2) is 0 Å². The third-order valence-electron chi connectivity index (χ3n) is 3.67. The lowest BCUT2D eigenvalue weighted by atomic mass is 10.0. The summed E-state index contributed by atoms with van der Waals surface area (Å²) >= 11 is 0. The molecule has 0 fully saturated rings. The number of carbonyl (C=O) groups is 1. The van der Waals surface area contributed by atoms with E-state index >= 15 is 0 Å². The van der Waals surface area contributed by atoms with Crippen molar-refractivity contribution in [2.24, 2.45) is 5.73 Å². The molecule has 0 saturated carbocycles. The van der Waals surface area contributed by atoms with E-state index in [0.717, 1.165) is 16.7 Å². The van der Waals surface area contributed by atoms with Crippen molar-refractivity contribution in [3.63, 3.8) is 0 Å². The van der Waals surface area contributed by atoms with Crippen LogP contribution in [0.1, 0.15) is 33.9 Å². The quantitative estimate of drug-likeness (QED) is 0.906. The molecule has 3 nitrogen and oxygen atoms in total. The van der Waals surface area contributed by atoms with Gasteiger partial charge in [-0.05, 0) is 37.5 Å². The number of hydrogen-bond acceptors (Lipinski definition) is 2. The van der Waals surface area contributed by atoms with Gasteiger partial charge < -0.3 is 11.1 Å². The number of carbonyl (C=O) groups excluding carboxylic acids is 1. The highest BCUT2D eigenvalue weighted by Crippen LogP contribution is 2.13. The Hall–Kier alpha value is -2.13. The average Bonchev–Trinajstić information content (AvgIpc) is 2.46. The lowest BCUT2D eigenvalue weighted by molar-refractivity contribution is -0.122. The first kappa shape index (κ1) is 15.3. The zero-order valence-electron chi connectivity index (χ0n) is 12.8. The maximum atomic E-state index is 12.1. The van der Waals surface area contributed by atoms with Crippen LogP contribution in [0.3, 0.4) is 0 Å². The first-order chi connectivity index (χ1) is 9.97. The second-order valence-electron chi connectivity index (χ2n) is 5.54. The summed E-state index contributed by atoms with van der Waals surface area (Å²) < 4.78 is 0. The lowest BCUT2D eigenvalue weighted by Gasteiger charge is -2.14. The molecule has 1 amide bonds. The monoisotopic (exact) mass is 282 g/mol. The van der Waals surface area contributed by atoms with Crippen molar-refractivity contribution in [2.45, 2.75) is 33.4 Å². The van der Waals surface area contributed by atoms with Gasteiger partial charge >= 0.3 is 0 Å². The Morgan fingerprint density at radius 2 is 1.67 bits per heavy atom. The molecule has 2 rings (SSSR count). The average molecular weight is 282 g/mol. The van der Waals surface area contributed by atoms with Crippen LogP contribution in [0.15, 0.2) is 42.5 Å². The number of benzene rings is 2. The van der Waals surface area contributed by atoms with Gasteiger partial charge in [0.2, 0.25) is 5.91 Å². The molecule has 0 aliphatic carbocycles.